The molecule has 0 atom stereocenters. The van der Waals surface area contributed by atoms with Crippen molar-refractivity contribution in [1.29, 1.82) is 0 Å². The fraction of sp³-hybridized carbons (Fsp3) is 0.185. The van der Waals surface area contributed by atoms with E-state index in [-0.39, 0.29) is 17.7 Å². The first-order valence-corrected chi connectivity index (χ1v) is 11.8. The van der Waals surface area contributed by atoms with Gasteiger partial charge in [-0.05, 0) is 56.1 Å². The Morgan fingerprint density at radius 3 is 2.31 bits per heavy atom. The zero-order valence-electron chi connectivity index (χ0n) is 20.2. The lowest BCUT2D eigenvalue weighted by Crippen LogP contribution is -2.39. The molecule has 0 spiro atoms. The van der Waals surface area contributed by atoms with E-state index in [1.54, 1.807) is 29.2 Å². The van der Waals surface area contributed by atoms with E-state index in [1.165, 1.54) is 16.8 Å². The van der Waals surface area contributed by atoms with E-state index >= 15 is 0 Å². The number of likely N-dealkylation sites (N-methyl/N-ethyl adjacent to an activating group) is 1. The number of nitrogen functional groups attached to an aromatic ring is 1. The van der Waals surface area contributed by atoms with Crippen LogP contribution in [0.25, 0.3) is 16.9 Å². The lowest BCUT2D eigenvalue weighted by atomic mass is 10.1. The van der Waals surface area contributed by atoms with Gasteiger partial charge in [0.15, 0.2) is 5.82 Å². The van der Waals surface area contributed by atoms with Crippen LogP contribution in [0.4, 0.5) is 20.7 Å². The predicted octanol–water partition coefficient (Wildman–Crippen LogP) is 5.51. The number of rotatable bonds is 8. The van der Waals surface area contributed by atoms with Crippen molar-refractivity contribution in [3.63, 3.8) is 0 Å². The van der Waals surface area contributed by atoms with E-state index in [0.29, 0.717) is 41.7 Å². The van der Waals surface area contributed by atoms with Crippen molar-refractivity contribution in [1.82, 2.24) is 19.6 Å². The Bertz CT molecular complexity index is 1310. The Hall–Kier alpha value is -3.88. The molecule has 0 unspecified atom stereocenters. The summed E-state index contributed by atoms with van der Waals surface area (Å²) in [6.45, 7) is 1.63. The average Bonchev–Trinajstić information content (AvgIpc) is 3.19. The van der Waals surface area contributed by atoms with Gasteiger partial charge in [-0.2, -0.15) is 5.10 Å². The second-order valence-corrected chi connectivity index (χ2v) is 9.08. The largest absolute Gasteiger partial charge is 0.382 e. The minimum Gasteiger partial charge on any atom is -0.382 e. The molecule has 0 aliphatic rings. The number of amides is 2. The first-order valence-electron chi connectivity index (χ1n) is 11.5. The van der Waals surface area contributed by atoms with Gasteiger partial charge in [-0.15, -0.1) is 0 Å². The summed E-state index contributed by atoms with van der Waals surface area (Å²) >= 11 is 6.08. The van der Waals surface area contributed by atoms with Crippen LogP contribution in [0.3, 0.4) is 0 Å². The van der Waals surface area contributed by atoms with E-state index in [4.69, 9.17) is 17.3 Å². The number of carbonyl (C=O) groups excluding carboxylic acids is 1. The smallest absolute Gasteiger partial charge is 0.322 e. The summed E-state index contributed by atoms with van der Waals surface area (Å²) < 4.78 is 15.0. The summed E-state index contributed by atoms with van der Waals surface area (Å²) in [4.78, 5) is 17.3. The maximum Gasteiger partial charge on any atom is 0.322 e. The highest BCUT2D eigenvalue weighted by atomic mass is 35.5. The molecule has 7 nitrogen and oxygen atoms in total. The topological polar surface area (TPSA) is 79.4 Å². The van der Waals surface area contributed by atoms with E-state index < -0.39 is 0 Å². The monoisotopic (exact) mass is 506 g/mol. The van der Waals surface area contributed by atoms with E-state index in [9.17, 15) is 9.18 Å². The number of nitrogens with two attached hydrogens (primary N) is 1. The van der Waals surface area contributed by atoms with Crippen molar-refractivity contribution in [2.75, 3.05) is 38.2 Å². The molecule has 3 N–H and O–H groups in total. The highest BCUT2D eigenvalue weighted by molar-refractivity contribution is 6.30. The summed E-state index contributed by atoms with van der Waals surface area (Å²) in [5.41, 5.74) is 9.66. The zero-order chi connectivity index (χ0) is 25.7. The molecule has 186 valence electrons. The van der Waals surface area contributed by atoms with Gasteiger partial charge < -0.3 is 20.9 Å². The van der Waals surface area contributed by atoms with Gasteiger partial charge in [0, 0.05) is 30.2 Å². The van der Waals surface area contributed by atoms with E-state index in [0.717, 1.165) is 11.1 Å². The fourth-order valence-corrected chi connectivity index (χ4v) is 3.83. The first-order chi connectivity index (χ1) is 17.3. The number of anilines is 2. The standard InChI is InChI=1S/C27H28ClFN6O/c1-33(2)16-17-34(18-19-6-4-3-5-7-19)27(36)31-25-24(20-8-10-21(28)11-9-20)32-35(26(25)30)23-14-12-22(29)13-15-23/h3-15H,16-18,30H2,1-2H3,(H,31,36). The molecular formula is C27H28ClFN6O. The molecule has 1 aromatic heterocycles. The van der Waals surface area contributed by atoms with E-state index in [1.807, 2.05) is 61.5 Å². The fourth-order valence-electron chi connectivity index (χ4n) is 3.71. The van der Waals surface area contributed by atoms with Crippen LogP contribution in [-0.4, -0.2) is 52.8 Å². The Morgan fingerprint density at radius 1 is 1.00 bits per heavy atom. The normalized spacial score (nSPS) is 11.0. The lowest BCUT2D eigenvalue weighted by molar-refractivity contribution is 0.202. The van der Waals surface area contributed by atoms with Gasteiger partial charge in [-0.3, -0.25) is 0 Å². The Balaban J connectivity index is 1.71. The number of hydrogen-bond acceptors (Lipinski definition) is 4. The number of aromatic nitrogens is 2. The van der Waals surface area contributed by atoms with Crippen molar-refractivity contribution < 1.29 is 9.18 Å². The van der Waals surface area contributed by atoms with Gasteiger partial charge in [-0.25, -0.2) is 13.9 Å². The number of urea groups is 1. The highest BCUT2D eigenvalue weighted by Crippen LogP contribution is 2.35. The van der Waals surface area contributed by atoms with Crippen LogP contribution in [0, 0.1) is 5.82 Å². The quantitative estimate of drug-likeness (QED) is 0.330. The van der Waals surface area contributed by atoms with Crippen LogP contribution in [-0.2, 0) is 6.54 Å². The molecule has 0 saturated carbocycles. The maximum absolute atomic E-state index is 13.5. The Labute approximate surface area is 214 Å². The van der Waals surface area contributed by atoms with Gasteiger partial charge in [0.2, 0.25) is 0 Å². The van der Waals surface area contributed by atoms with Crippen molar-refractivity contribution in [2.45, 2.75) is 6.54 Å². The highest BCUT2D eigenvalue weighted by Gasteiger charge is 2.23. The third-order valence-corrected chi connectivity index (χ3v) is 5.91. The molecule has 36 heavy (non-hydrogen) atoms. The second-order valence-electron chi connectivity index (χ2n) is 8.64. The van der Waals surface area contributed by atoms with Crippen LogP contribution in [0.2, 0.25) is 5.02 Å². The molecule has 4 aromatic rings. The van der Waals surface area contributed by atoms with Gasteiger partial charge in [-0.1, -0.05) is 54.1 Å². The number of halogens is 2. The van der Waals surface area contributed by atoms with Gasteiger partial charge in [0.05, 0.1) is 5.69 Å². The molecule has 0 bridgehead atoms. The molecule has 0 saturated heterocycles. The van der Waals surface area contributed by atoms with Crippen LogP contribution >= 0.6 is 11.6 Å². The molecule has 2 amide bonds. The molecule has 9 heteroatoms. The molecule has 4 rings (SSSR count). The Morgan fingerprint density at radius 2 is 1.67 bits per heavy atom. The third kappa shape index (κ3) is 6.02. The molecular weight excluding hydrogens is 479 g/mol. The number of nitrogens with one attached hydrogen (secondary N) is 1. The minimum atomic E-state index is -0.367. The van der Waals surface area contributed by atoms with Gasteiger partial charge >= 0.3 is 6.03 Å². The summed E-state index contributed by atoms with van der Waals surface area (Å²) in [5.74, 6) is -0.138. The van der Waals surface area contributed by atoms with Gasteiger partial charge in [0.25, 0.3) is 0 Å². The summed E-state index contributed by atoms with van der Waals surface area (Å²) in [6, 6.07) is 22.4. The van der Waals surface area contributed by atoms with Crippen LogP contribution in [0.5, 0.6) is 0 Å². The van der Waals surface area contributed by atoms with Crippen LogP contribution < -0.4 is 11.1 Å². The number of benzene rings is 3. The maximum atomic E-state index is 13.5. The predicted molar refractivity (Wildman–Crippen MR) is 143 cm³/mol. The molecule has 0 aliphatic heterocycles. The summed E-state index contributed by atoms with van der Waals surface area (Å²) in [5, 5.41) is 8.23. The molecule has 1 heterocycles. The molecule has 0 fully saturated rings. The second kappa shape index (κ2) is 11.2. The summed E-state index contributed by atoms with van der Waals surface area (Å²) in [6.07, 6.45) is 0. The van der Waals surface area contributed by atoms with Crippen LogP contribution in [0.15, 0.2) is 78.9 Å². The van der Waals surface area contributed by atoms with Crippen molar-refractivity contribution in [3.8, 4) is 16.9 Å². The van der Waals surface area contributed by atoms with Crippen molar-refractivity contribution >= 4 is 29.1 Å². The minimum absolute atomic E-state index is 0.229. The zero-order valence-corrected chi connectivity index (χ0v) is 20.9. The number of nitrogens with zero attached hydrogens (tertiary/aromatic N) is 4. The molecule has 0 radical (unpaired) electrons. The third-order valence-electron chi connectivity index (χ3n) is 5.66. The van der Waals surface area contributed by atoms with Gasteiger partial charge in [0.1, 0.15) is 17.2 Å². The molecule has 3 aromatic carbocycles. The van der Waals surface area contributed by atoms with E-state index in [2.05, 4.69) is 10.4 Å². The molecule has 0 aliphatic carbocycles. The first kappa shape index (κ1) is 25.2. The SMILES string of the molecule is CN(C)CCN(Cc1ccccc1)C(=O)Nc1c(-c2ccc(Cl)cc2)nn(-c2ccc(F)cc2)c1N. The number of carbonyl (C=O) groups is 1. The number of hydrogen-bond donors (Lipinski definition) is 2. The Kier molecular flexibility index (Phi) is 7.87. The average molecular weight is 507 g/mol. The van der Waals surface area contributed by atoms with Crippen LogP contribution in [0.1, 0.15) is 5.56 Å². The lowest BCUT2D eigenvalue weighted by Gasteiger charge is -2.25. The van der Waals surface area contributed by atoms with Crippen molar-refractivity contribution in [2.24, 2.45) is 0 Å². The van der Waals surface area contributed by atoms with Crippen molar-refractivity contribution in [3.05, 3.63) is 95.3 Å². The summed E-state index contributed by atoms with van der Waals surface area (Å²) in [7, 11) is 3.92.